The average molecular weight is 261 g/mol. The van der Waals surface area contributed by atoms with Crippen molar-refractivity contribution in [1.29, 1.82) is 0 Å². The van der Waals surface area contributed by atoms with Gasteiger partial charge >= 0.3 is 0 Å². The van der Waals surface area contributed by atoms with Crippen LogP contribution in [0.1, 0.15) is 15.9 Å². The lowest BCUT2D eigenvalue weighted by atomic mass is 10.1. The number of amides is 2. The Morgan fingerprint density at radius 2 is 2.11 bits per heavy atom. The van der Waals surface area contributed by atoms with Crippen LogP contribution in [0.3, 0.4) is 0 Å². The molecule has 0 bridgehead atoms. The van der Waals surface area contributed by atoms with E-state index in [1.54, 1.807) is 31.3 Å². The van der Waals surface area contributed by atoms with Crippen LogP contribution in [-0.4, -0.2) is 32.0 Å². The van der Waals surface area contributed by atoms with Crippen LogP contribution in [0, 0.1) is 6.92 Å². The number of nitrogens with one attached hydrogen (secondary N) is 3. The van der Waals surface area contributed by atoms with Crippen molar-refractivity contribution in [3.05, 3.63) is 42.0 Å². The van der Waals surface area contributed by atoms with Crippen molar-refractivity contribution < 1.29 is 9.59 Å². The molecule has 1 aromatic carbocycles. The van der Waals surface area contributed by atoms with Gasteiger partial charge in [-0.25, -0.2) is 0 Å². The van der Waals surface area contributed by atoms with Gasteiger partial charge in [0.05, 0.1) is 6.54 Å². The Morgan fingerprint density at radius 1 is 1.37 bits per heavy atom. The maximum absolute atomic E-state index is 11.6. The monoisotopic (exact) mass is 261 g/mol. The highest BCUT2D eigenvalue weighted by Crippen LogP contribution is 2.16. The predicted octanol–water partition coefficient (Wildman–Crippen LogP) is 1.07. The van der Waals surface area contributed by atoms with E-state index >= 15 is 0 Å². The van der Waals surface area contributed by atoms with E-state index in [0.29, 0.717) is 17.8 Å². The van der Waals surface area contributed by atoms with Crippen molar-refractivity contribution in [2.24, 2.45) is 0 Å². The van der Waals surface area contributed by atoms with Gasteiger partial charge < -0.3 is 16.0 Å². The molecule has 0 saturated carbocycles. The molecule has 5 heteroatoms. The first-order chi connectivity index (χ1) is 9.08. The SMILES string of the molecule is C=CCNCC(=O)Nc1ccc(C(=O)NC)cc1C. The number of carbonyl (C=O) groups is 2. The Balaban J connectivity index is 2.67. The zero-order chi connectivity index (χ0) is 14.3. The van der Waals surface area contributed by atoms with Crippen LogP contribution in [0.2, 0.25) is 0 Å². The molecule has 0 aliphatic carbocycles. The number of hydrogen-bond acceptors (Lipinski definition) is 3. The van der Waals surface area contributed by atoms with E-state index < -0.39 is 0 Å². The van der Waals surface area contributed by atoms with Gasteiger partial charge in [-0.2, -0.15) is 0 Å². The quantitative estimate of drug-likeness (QED) is 0.530. The molecular weight excluding hydrogens is 242 g/mol. The molecule has 0 aliphatic heterocycles. The minimum Gasteiger partial charge on any atom is -0.355 e. The van der Waals surface area contributed by atoms with Crippen LogP contribution in [0.15, 0.2) is 30.9 Å². The van der Waals surface area contributed by atoms with E-state index in [9.17, 15) is 9.59 Å². The van der Waals surface area contributed by atoms with Crippen LogP contribution < -0.4 is 16.0 Å². The number of aryl methyl sites for hydroxylation is 1. The Morgan fingerprint density at radius 3 is 2.68 bits per heavy atom. The zero-order valence-corrected chi connectivity index (χ0v) is 11.2. The molecule has 0 spiro atoms. The van der Waals surface area contributed by atoms with Gasteiger partial charge in [-0.3, -0.25) is 9.59 Å². The molecule has 1 aromatic rings. The molecule has 1 rings (SSSR count). The lowest BCUT2D eigenvalue weighted by Gasteiger charge is -2.10. The Bertz CT molecular complexity index is 484. The van der Waals surface area contributed by atoms with Gasteiger partial charge in [0.25, 0.3) is 5.91 Å². The van der Waals surface area contributed by atoms with Gasteiger partial charge in [0.1, 0.15) is 0 Å². The molecule has 102 valence electrons. The first-order valence-electron chi connectivity index (χ1n) is 6.02. The van der Waals surface area contributed by atoms with Crippen LogP contribution in [0.25, 0.3) is 0 Å². The molecular formula is C14H19N3O2. The smallest absolute Gasteiger partial charge is 0.251 e. The fraction of sp³-hybridized carbons (Fsp3) is 0.286. The summed E-state index contributed by atoms with van der Waals surface area (Å²) >= 11 is 0. The molecule has 0 aliphatic rings. The lowest BCUT2D eigenvalue weighted by Crippen LogP contribution is -2.28. The summed E-state index contributed by atoms with van der Waals surface area (Å²) in [5.74, 6) is -0.272. The molecule has 0 fully saturated rings. The maximum Gasteiger partial charge on any atom is 0.251 e. The number of rotatable bonds is 6. The minimum atomic E-state index is -0.145. The van der Waals surface area contributed by atoms with Crippen molar-refractivity contribution in [2.75, 3.05) is 25.5 Å². The van der Waals surface area contributed by atoms with Crippen LogP contribution in [0.5, 0.6) is 0 Å². The summed E-state index contributed by atoms with van der Waals surface area (Å²) in [6.07, 6.45) is 1.69. The Hall–Kier alpha value is -2.14. The maximum atomic E-state index is 11.6. The van der Waals surface area contributed by atoms with Gasteiger partial charge in [-0.1, -0.05) is 6.08 Å². The fourth-order valence-corrected chi connectivity index (χ4v) is 1.57. The summed E-state index contributed by atoms with van der Waals surface area (Å²) in [5, 5.41) is 8.26. The first kappa shape index (κ1) is 14.9. The number of benzene rings is 1. The van der Waals surface area contributed by atoms with E-state index in [1.165, 1.54) is 0 Å². The first-order valence-corrected chi connectivity index (χ1v) is 6.02. The normalized spacial score (nSPS) is 9.79. The molecule has 5 nitrogen and oxygen atoms in total. The highest BCUT2D eigenvalue weighted by atomic mass is 16.2. The summed E-state index contributed by atoms with van der Waals surface area (Å²) in [5.41, 5.74) is 2.12. The number of carbonyl (C=O) groups excluding carboxylic acids is 2. The van der Waals surface area contributed by atoms with Crippen molar-refractivity contribution >= 4 is 17.5 Å². The third-order valence-corrected chi connectivity index (χ3v) is 2.56. The summed E-state index contributed by atoms with van der Waals surface area (Å²) in [6.45, 7) is 6.21. The molecule has 0 saturated heterocycles. The predicted molar refractivity (Wildman–Crippen MR) is 76.3 cm³/mol. The second-order valence-electron chi connectivity index (χ2n) is 4.08. The molecule has 3 N–H and O–H groups in total. The number of anilines is 1. The van der Waals surface area contributed by atoms with E-state index in [2.05, 4.69) is 22.5 Å². The van der Waals surface area contributed by atoms with Gasteiger partial charge in [0, 0.05) is 24.8 Å². The largest absolute Gasteiger partial charge is 0.355 e. The van der Waals surface area contributed by atoms with Gasteiger partial charge in [0.2, 0.25) is 5.91 Å². The van der Waals surface area contributed by atoms with E-state index in [0.717, 1.165) is 5.56 Å². The van der Waals surface area contributed by atoms with E-state index in [1.807, 2.05) is 6.92 Å². The van der Waals surface area contributed by atoms with E-state index in [-0.39, 0.29) is 18.4 Å². The molecule has 19 heavy (non-hydrogen) atoms. The molecule has 0 aromatic heterocycles. The van der Waals surface area contributed by atoms with Crippen molar-refractivity contribution in [1.82, 2.24) is 10.6 Å². The summed E-state index contributed by atoms with van der Waals surface area (Å²) in [6, 6.07) is 5.15. The van der Waals surface area contributed by atoms with Gasteiger partial charge in [0.15, 0.2) is 0 Å². The minimum absolute atomic E-state index is 0.127. The highest BCUT2D eigenvalue weighted by Gasteiger charge is 2.08. The number of hydrogen-bond donors (Lipinski definition) is 3. The summed E-state index contributed by atoms with van der Waals surface area (Å²) < 4.78 is 0. The third kappa shape index (κ3) is 4.56. The van der Waals surface area contributed by atoms with Crippen LogP contribution in [-0.2, 0) is 4.79 Å². The molecule has 0 atom stereocenters. The Kier molecular flexibility index (Phi) is 5.75. The van der Waals surface area contributed by atoms with E-state index in [4.69, 9.17) is 0 Å². The fourth-order valence-electron chi connectivity index (χ4n) is 1.57. The standard InChI is InChI=1S/C14H19N3O2/c1-4-7-16-9-13(18)17-12-6-5-11(8-10(12)2)14(19)15-3/h4-6,8,16H,1,7,9H2,2-3H3,(H,15,19)(H,17,18). The van der Waals surface area contributed by atoms with Crippen LogP contribution >= 0.6 is 0 Å². The molecule has 0 unspecified atom stereocenters. The van der Waals surface area contributed by atoms with Crippen molar-refractivity contribution in [3.63, 3.8) is 0 Å². The lowest BCUT2D eigenvalue weighted by molar-refractivity contribution is -0.115. The van der Waals surface area contributed by atoms with Crippen molar-refractivity contribution in [3.8, 4) is 0 Å². The molecule has 2 amide bonds. The summed E-state index contributed by atoms with van der Waals surface area (Å²) in [7, 11) is 1.58. The average Bonchev–Trinajstić information content (AvgIpc) is 2.40. The van der Waals surface area contributed by atoms with Gasteiger partial charge in [-0.15, -0.1) is 6.58 Å². The third-order valence-electron chi connectivity index (χ3n) is 2.56. The Labute approximate surface area is 113 Å². The zero-order valence-electron chi connectivity index (χ0n) is 11.2. The molecule has 0 heterocycles. The summed E-state index contributed by atoms with van der Waals surface area (Å²) in [4.78, 5) is 23.1. The highest BCUT2D eigenvalue weighted by molar-refractivity contribution is 5.96. The van der Waals surface area contributed by atoms with Crippen LogP contribution in [0.4, 0.5) is 5.69 Å². The van der Waals surface area contributed by atoms with Crippen molar-refractivity contribution in [2.45, 2.75) is 6.92 Å². The second kappa shape index (κ2) is 7.33. The second-order valence-corrected chi connectivity index (χ2v) is 4.08. The topological polar surface area (TPSA) is 70.2 Å². The molecule has 0 radical (unpaired) electrons. The van der Waals surface area contributed by atoms with Gasteiger partial charge in [-0.05, 0) is 30.7 Å².